The lowest BCUT2D eigenvalue weighted by Crippen LogP contribution is -2.37. The number of nitrogens with one attached hydrogen (secondary N) is 1. The Kier molecular flexibility index (Phi) is 6.45. The largest absolute Gasteiger partial charge is 0.349 e. The van der Waals surface area contributed by atoms with Crippen LogP contribution in [0.1, 0.15) is 36.0 Å². The zero-order valence-electron chi connectivity index (χ0n) is 17.5. The van der Waals surface area contributed by atoms with Gasteiger partial charge in [-0.3, -0.25) is 14.4 Å². The molecular formula is C23H27N5O3. The summed E-state index contributed by atoms with van der Waals surface area (Å²) >= 11 is 0. The quantitative estimate of drug-likeness (QED) is 0.343. The minimum atomic E-state index is -0.629. The second-order valence-corrected chi connectivity index (χ2v) is 7.87. The number of fused-ring (bicyclic) bond motifs is 1. The molecule has 3 aromatic rings. The first-order chi connectivity index (χ1) is 15.1. The number of Topliss-reactive ketones (excluding diaryl/α,β-unsaturated/α-hetero) is 1. The third-order valence-electron chi connectivity index (χ3n) is 5.69. The highest BCUT2D eigenvalue weighted by Gasteiger charge is 2.23. The van der Waals surface area contributed by atoms with Crippen molar-refractivity contribution in [3.05, 3.63) is 54.7 Å². The zero-order valence-corrected chi connectivity index (χ0v) is 17.5. The van der Waals surface area contributed by atoms with Gasteiger partial charge in [-0.2, -0.15) is 0 Å². The van der Waals surface area contributed by atoms with Crippen molar-refractivity contribution in [2.24, 2.45) is 0 Å². The fourth-order valence-electron chi connectivity index (χ4n) is 4.03. The van der Waals surface area contributed by atoms with Crippen molar-refractivity contribution in [2.45, 2.75) is 38.8 Å². The van der Waals surface area contributed by atoms with Crippen molar-refractivity contribution >= 4 is 28.5 Å². The highest BCUT2D eigenvalue weighted by molar-refractivity contribution is 6.45. The van der Waals surface area contributed by atoms with Gasteiger partial charge < -0.3 is 19.4 Å². The van der Waals surface area contributed by atoms with E-state index >= 15 is 0 Å². The second-order valence-electron chi connectivity index (χ2n) is 7.87. The van der Waals surface area contributed by atoms with Crippen LogP contribution in [0, 0.1) is 0 Å². The third-order valence-corrected chi connectivity index (χ3v) is 5.69. The fourth-order valence-corrected chi connectivity index (χ4v) is 4.03. The van der Waals surface area contributed by atoms with Crippen LogP contribution in [0.15, 0.2) is 49.2 Å². The van der Waals surface area contributed by atoms with Crippen LogP contribution in [0.25, 0.3) is 10.9 Å². The molecule has 1 aromatic carbocycles. The minimum absolute atomic E-state index is 0.0448. The van der Waals surface area contributed by atoms with E-state index in [9.17, 15) is 14.4 Å². The van der Waals surface area contributed by atoms with Crippen LogP contribution >= 0.6 is 0 Å². The molecular weight excluding hydrogens is 394 g/mol. The number of amides is 2. The molecule has 31 heavy (non-hydrogen) atoms. The van der Waals surface area contributed by atoms with Crippen molar-refractivity contribution in [3.8, 4) is 0 Å². The van der Waals surface area contributed by atoms with Gasteiger partial charge in [0.2, 0.25) is 5.91 Å². The Balaban J connectivity index is 1.43. The Morgan fingerprint density at radius 2 is 1.87 bits per heavy atom. The van der Waals surface area contributed by atoms with Gasteiger partial charge >= 0.3 is 0 Å². The minimum Gasteiger partial charge on any atom is -0.349 e. The fraction of sp³-hybridized carbons (Fsp3) is 0.391. The van der Waals surface area contributed by atoms with Crippen LogP contribution in [0.5, 0.6) is 0 Å². The number of benzene rings is 1. The van der Waals surface area contributed by atoms with Crippen molar-refractivity contribution in [1.29, 1.82) is 0 Å². The van der Waals surface area contributed by atoms with Crippen LogP contribution in [-0.2, 0) is 22.7 Å². The van der Waals surface area contributed by atoms with Crippen LogP contribution in [-0.4, -0.2) is 56.2 Å². The maximum Gasteiger partial charge on any atom is 0.292 e. The summed E-state index contributed by atoms with van der Waals surface area (Å²) < 4.78 is 3.70. The summed E-state index contributed by atoms with van der Waals surface area (Å²) in [5, 5.41) is 3.39. The monoisotopic (exact) mass is 421 g/mol. The van der Waals surface area contributed by atoms with Crippen molar-refractivity contribution in [1.82, 2.24) is 24.3 Å². The summed E-state index contributed by atoms with van der Waals surface area (Å²) in [7, 11) is 0. The van der Waals surface area contributed by atoms with E-state index in [4.69, 9.17) is 0 Å². The number of piperidine rings is 1. The summed E-state index contributed by atoms with van der Waals surface area (Å²) in [5.74, 6) is -1.16. The van der Waals surface area contributed by atoms with Crippen molar-refractivity contribution in [2.75, 3.05) is 19.6 Å². The van der Waals surface area contributed by atoms with E-state index in [1.165, 1.54) is 0 Å². The van der Waals surface area contributed by atoms with E-state index in [-0.39, 0.29) is 12.5 Å². The Bertz CT molecular complexity index is 1060. The molecule has 3 heterocycles. The lowest BCUT2D eigenvalue weighted by Gasteiger charge is -2.27. The molecule has 1 fully saturated rings. The molecule has 2 aromatic heterocycles. The van der Waals surface area contributed by atoms with Gasteiger partial charge in [0.15, 0.2) is 0 Å². The number of carbonyl (C=O) groups excluding carboxylic acids is 3. The highest BCUT2D eigenvalue weighted by Crippen LogP contribution is 2.22. The number of carbonyl (C=O) groups is 3. The molecule has 162 valence electrons. The zero-order chi connectivity index (χ0) is 21.6. The number of hydrogen-bond donors (Lipinski definition) is 1. The molecule has 0 aliphatic carbocycles. The molecule has 0 bridgehead atoms. The number of rotatable bonds is 8. The number of nitrogens with zero attached hydrogens (tertiary/aromatic N) is 4. The number of aryl methyl sites for hydroxylation is 1. The Labute approximate surface area is 180 Å². The number of hydrogen-bond acceptors (Lipinski definition) is 4. The number of para-hydroxylation sites is 1. The lowest BCUT2D eigenvalue weighted by molar-refractivity contribution is -0.132. The SMILES string of the molecule is O=C(NCCCn1ccnc1)C(=O)c1cn(CC(=O)N2CCCCC2)c2ccccc12. The Hall–Kier alpha value is -3.42. The van der Waals surface area contributed by atoms with E-state index in [0.717, 1.165) is 37.9 Å². The normalized spacial score (nSPS) is 14.0. The molecule has 0 atom stereocenters. The first-order valence-electron chi connectivity index (χ1n) is 10.8. The molecule has 1 aliphatic rings. The standard InChI is InChI=1S/C23H27N5O3/c29-21(27-12-4-1-5-13-27)16-28-15-19(18-7-2-3-8-20(18)28)22(30)23(31)25-9-6-11-26-14-10-24-17-26/h2-3,7-8,10,14-15,17H,1,4-6,9,11-13,16H2,(H,25,31). The first kappa shape index (κ1) is 20.8. The molecule has 8 heteroatoms. The number of ketones is 1. The van der Waals surface area contributed by atoms with Gasteiger partial charge in [-0.05, 0) is 31.7 Å². The van der Waals surface area contributed by atoms with Gasteiger partial charge in [-0.1, -0.05) is 18.2 Å². The van der Waals surface area contributed by atoms with Gasteiger partial charge in [-0.15, -0.1) is 0 Å². The van der Waals surface area contributed by atoms with Crippen molar-refractivity contribution in [3.63, 3.8) is 0 Å². The topological polar surface area (TPSA) is 89.2 Å². The van der Waals surface area contributed by atoms with Gasteiger partial charge in [0, 0.05) is 55.7 Å². The molecule has 1 N–H and O–H groups in total. The second kappa shape index (κ2) is 9.59. The lowest BCUT2D eigenvalue weighted by atomic mass is 10.1. The number of aromatic nitrogens is 3. The number of imidazole rings is 1. The van der Waals surface area contributed by atoms with E-state index in [1.54, 1.807) is 23.3 Å². The molecule has 0 unspecified atom stereocenters. The highest BCUT2D eigenvalue weighted by atomic mass is 16.2. The summed E-state index contributed by atoms with van der Waals surface area (Å²) in [6.07, 6.45) is 10.8. The third kappa shape index (κ3) is 4.84. The predicted molar refractivity (Wildman–Crippen MR) is 117 cm³/mol. The molecule has 0 spiro atoms. The van der Waals surface area contributed by atoms with Crippen LogP contribution in [0.2, 0.25) is 0 Å². The van der Waals surface area contributed by atoms with Crippen molar-refractivity contribution < 1.29 is 14.4 Å². The summed E-state index contributed by atoms with van der Waals surface area (Å²) in [6.45, 7) is 2.85. The first-order valence-corrected chi connectivity index (χ1v) is 10.8. The maximum absolute atomic E-state index is 12.8. The summed E-state index contributed by atoms with van der Waals surface area (Å²) in [5.41, 5.74) is 1.11. The average Bonchev–Trinajstić information content (AvgIpc) is 3.45. The molecule has 0 radical (unpaired) electrons. The van der Waals surface area contributed by atoms with Gasteiger partial charge in [0.1, 0.15) is 6.54 Å². The van der Waals surface area contributed by atoms with E-state index in [0.29, 0.717) is 30.5 Å². The molecule has 4 rings (SSSR count). The molecule has 8 nitrogen and oxygen atoms in total. The van der Waals surface area contributed by atoms with E-state index < -0.39 is 11.7 Å². The van der Waals surface area contributed by atoms with Crippen LogP contribution < -0.4 is 5.32 Å². The predicted octanol–water partition coefficient (Wildman–Crippen LogP) is 2.24. The summed E-state index contributed by atoms with van der Waals surface area (Å²) in [6, 6.07) is 7.39. The summed E-state index contributed by atoms with van der Waals surface area (Å²) in [4.78, 5) is 43.9. The molecule has 0 saturated carbocycles. The Morgan fingerprint density at radius 1 is 1.06 bits per heavy atom. The van der Waals surface area contributed by atoms with E-state index in [1.807, 2.05) is 39.9 Å². The van der Waals surface area contributed by atoms with Gasteiger partial charge in [-0.25, -0.2) is 4.98 Å². The van der Waals surface area contributed by atoms with Gasteiger partial charge in [0.05, 0.1) is 11.9 Å². The maximum atomic E-state index is 12.8. The molecule has 1 aliphatic heterocycles. The average molecular weight is 422 g/mol. The van der Waals surface area contributed by atoms with Crippen LogP contribution in [0.4, 0.5) is 0 Å². The molecule has 1 saturated heterocycles. The van der Waals surface area contributed by atoms with E-state index in [2.05, 4.69) is 10.3 Å². The molecule has 2 amide bonds. The Morgan fingerprint density at radius 3 is 2.65 bits per heavy atom. The van der Waals surface area contributed by atoms with Crippen LogP contribution in [0.3, 0.4) is 0 Å². The number of likely N-dealkylation sites (tertiary alicyclic amines) is 1. The van der Waals surface area contributed by atoms with Gasteiger partial charge in [0.25, 0.3) is 11.7 Å². The smallest absolute Gasteiger partial charge is 0.292 e.